The summed E-state index contributed by atoms with van der Waals surface area (Å²) >= 11 is 0. The zero-order chi connectivity index (χ0) is 20.4. The Morgan fingerprint density at radius 2 is 1.63 bits per heavy atom. The summed E-state index contributed by atoms with van der Waals surface area (Å²) in [5, 5.41) is 10.8. The summed E-state index contributed by atoms with van der Waals surface area (Å²) in [7, 11) is 5.27. The smallest absolute Gasteiger partial charge is 0.316 e. The lowest BCUT2D eigenvalue weighted by Crippen LogP contribution is -2.55. The van der Waals surface area contributed by atoms with Gasteiger partial charge in [0, 0.05) is 12.3 Å². The second kappa shape index (κ2) is 7.96. The maximum Gasteiger partial charge on any atom is 0.316 e. The van der Waals surface area contributed by atoms with E-state index in [9.17, 15) is 19.5 Å². The van der Waals surface area contributed by atoms with E-state index < -0.39 is 41.1 Å². The van der Waals surface area contributed by atoms with Crippen molar-refractivity contribution >= 4 is 17.7 Å². The maximum absolute atomic E-state index is 12.7. The number of carbonyl (C=O) groups is 3. The quantitative estimate of drug-likeness (QED) is 0.597. The third-order valence-corrected chi connectivity index (χ3v) is 4.97. The Hall–Kier alpha value is -2.61. The normalized spacial score (nSPS) is 27.6. The monoisotopic (exact) mass is 380 g/mol. The number of aliphatic hydroxyl groups is 1. The zero-order valence-electron chi connectivity index (χ0n) is 16.0. The topological polar surface area (TPSA) is 108 Å². The van der Waals surface area contributed by atoms with Crippen molar-refractivity contribution in [3.8, 4) is 11.5 Å². The molecule has 1 saturated carbocycles. The highest BCUT2D eigenvalue weighted by atomic mass is 16.5. The minimum absolute atomic E-state index is 0.361. The average Bonchev–Trinajstić information content (AvgIpc) is 2.64. The summed E-state index contributed by atoms with van der Waals surface area (Å²) < 4.78 is 20.1. The van der Waals surface area contributed by atoms with Crippen molar-refractivity contribution < 1.29 is 38.4 Å². The van der Waals surface area contributed by atoms with E-state index >= 15 is 0 Å². The molecule has 0 aromatic heterocycles. The summed E-state index contributed by atoms with van der Waals surface area (Å²) in [6.07, 6.45) is -0.365. The minimum atomic E-state index is -1.69. The van der Waals surface area contributed by atoms with Gasteiger partial charge in [0.2, 0.25) is 0 Å². The van der Waals surface area contributed by atoms with Crippen molar-refractivity contribution in [2.45, 2.75) is 24.9 Å². The van der Waals surface area contributed by atoms with Crippen LogP contribution in [0.25, 0.3) is 0 Å². The van der Waals surface area contributed by atoms with Crippen LogP contribution in [0.2, 0.25) is 0 Å². The van der Waals surface area contributed by atoms with Gasteiger partial charge in [-0.25, -0.2) is 0 Å². The fraction of sp³-hybridized carbons (Fsp3) is 0.526. The van der Waals surface area contributed by atoms with E-state index in [0.29, 0.717) is 17.1 Å². The van der Waals surface area contributed by atoms with E-state index in [-0.39, 0.29) is 6.42 Å². The number of rotatable bonds is 5. The van der Waals surface area contributed by atoms with Gasteiger partial charge in [-0.05, 0) is 24.6 Å². The molecule has 0 spiro atoms. The molecule has 1 N–H and O–H groups in total. The molecular formula is C19H24O8. The summed E-state index contributed by atoms with van der Waals surface area (Å²) in [6, 6.07) is 4.79. The molecule has 27 heavy (non-hydrogen) atoms. The molecule has 1 aromatic carbocycles. The molecule has 2 rings (SSSR count). The van der Waals surface area contributed by atoms with Gasteiger partial charge in [-0.1, -0.05) is 6.07 Å². The third kappa shape index (κ3) is 3.75. The Morgan fingerprint density at radius 3 is 2.15 bits per heavy atom. The number of benzene rings is 1. The fourth-order valence-corrected chi connectivity index (χ4v) is 3.73. The van der Waals surface area contributed by atoms with Crippen LogP contribution in [-0.2, 0) is 23.9 Å². The lowest BCUT2D eigenvalue weighted by Gasteiger charge is -2.43. The molecule has 1 fully saturated rings. The van der Waals surface area contributed by atoms with E-state index in [4.69, 9.17) is 18.9 Å². The highest BCUT2D eigenvalue weighted by Gasteiger charge is 2.57. The Balaban J connectivity index is 2.69. The molecule has 0 radical (unpaired) electrons. The number of ether oxygens (including phenoxy) is 4. The number of hydrogen-bond donors (Lipinski definition) is 1. The lowest BCUT2D eigenvalue weighted by molar-refractivity contribution is -0.170. The van der Waals surface area contributed by atoms with Gasteiger partial charge in [-0.3, -0.25) is 14.4 Å². The van der Waals surface area contributed by atoms with Gasteiger partial charge in [0.05, 0.1) is 40.0 Å². The lowest BCUT2D eigenvalue weighted by atomic mass is 9.61. The van der Waals surface area contributed by atoms with Crippen LogP contribution >= 0.6 is 0 Å². The fourth-order valence-electron chi connectivity index (χ4n) is 3.73. The zero-order valence-corrected chi connectivity index (χ0v) is 16.0. The van der Waals surface area contributed by atoms with Crippen molar-refractivity contribution in [2.75, 3.05) is 28.4 Å². The summed E-state index contributed by atoms with van der Waals surface area (Å²) in [4.78, 5) is 37.5. The van der Waals surface area contributed by atoms with Crippen LogP contribution in [0.15, 0.2) is 18.2 Å². The number of ketones is 1. The molecule has 0 unspecified atom stereocenters. The standard InChI is InChI=1S/C19H24O8/c1-19(23)9-11(20)15(17(21)26-4)14(16(19)18(22)27-5)10-6-7-12(24-2)13(8-10)25-3/h6-8,14-16,23H,9H2,1-5H3/t14-,15-,16-,19-/m1/s1. The molecule has 1 aromatic rings. The van der Waals surface area contributed by atoms with Crippen molar-refractivity contribution in [2.24, 2.45) is 11.8 Å². The first-order valence-corrected chi connectivity index (χ1v) is 8.34. The van der Waals surface area contributed by atoms with Gasteiger partial charge in [0.1, 0.15) is 5.92 Å². The van der Waals surface area contributed by atoms with Crippen LogP contribution in [0.3, 0.4) is 0 Å². The Labute approximate surface area is 157 Å². The van der Waals surface area contributed by atoms with E-state index in [1.165, 1.54) is 35.4 Å². The highest BCUT2D eigenvalue weighted by molar-refractivity contribution is 6.02. The van der Waals surface area contributed by atoms with Crippen LogP contribution in [0, 0.1) is 11.8 Å². The number of hydrogen-bond acceptors (Lipinski definition) is 8. The maximum atomic E-state index is 12.7. The van der Waals surface area contributed by atoms with Crippen LogP contribution in [0.5, 0.6) is 11.5 Å². The van der Waals surface area contributed by atoms with Crippen molar-refractivity contribution in [3.05, 3.63) is 23.8 Å². The van der Waals surface area contributed by atoms with Gasteiger partial charge >= 0.3 is 11.9 Å². The van der Waals surface area contributed by atoms with Crippen LogP contribution in [0.1, 0.15) is 24.8 Å². The molecule has 0 heterocycles. The molecule has 0 amide bonds. The van der Waals surface area contributed by atoms with Gasteiger partial charge < -0.3 is 24.1 Å². The number of esters is 2. The van der Waals surface area contributed by atoms with Crippen LogP contribution in [-0.4, -0.2) is 56.9 Å². The first kappa shape index (κ1) is 20.7. The molecule has 8 nitrogen and oxygen atoms in total. The van der Waals surface area contributed by atoms with Gasteiger partial charge in [-0.2, -0.15) is 0 Å². The van der Waals surface area contributed by atoms with Gasteiger partial charge in [-0.15, -0.1) is 0 Å². The molecule has 1 aliphatic carbocycles. The van der Waals surface area contributed by atoms with Crippen molar-refractivity contribution in [1.29, 1.82) is 0 Å². The van der Waals surface area contributed by atoms with Gasteiger partial charge in [0.15, 0.2) is 17.3 Å². The highest BCUT2D eigenvalue weighted by Crippen LogP contribution is 2.47. The number of methoxy groups -OCH3 is 4. The first-order chi connectivity index (χ1) is 12.7. The Morgan fingerprint density at radius 1 is 1.04 bits per heavy atom. The number of carbonyl (C=O) groups excluding carboxylic acids is 3. The predicted molar refractivity (Wildman–Crippen MR) is 93.5 cm³/mol. The second-order valence-electron chi connectivity index (χ2n) is 6.64. The SMILES string of the molecule is COC(=O)[C@@H]1C(=O)C[C@@](C)(O)[C@@H](C(=O)OC)[C@@H]1c1ccc(OC)c(OC)c1. The molecule has 1 aliphatic rings. The Bertz CT molecular complexity index is 739. The predicted octanol–water partition coefficient (Wildman–Crippen LogP) is 1.09. The van der Waals surface area contributed by atoms with E-state index in [1.807, 2.05) is 0 Å². The molecule has 0 saturated heterocycles. The Kier molecular flexibility index (Phi) is 6.10. The largest absolute Gasteiger partial charge is 0.493 e. The van der Waals surface area contributed by atoms with E-state index in [1.54, 1.807) is 18.2 Å². The molecule has 148 valence electrons. The third-order valence-electron chi connectivity index (χ3n) is 4.97. The van der Waals surface area contributed by atoms with Crippen molar-refractivity contribution in [1.82, 2.24) is 0 Å². The minimum Gasteiger partial charge on any atom is -0.493 e. The number of Topliss-reactive ketones (excluding diaryl/α,β-unsaturated/α-hetero) is 1. The van der Waals surface area contributed by atoms with E-state index in [2.05, 4.69) is 0 Å². The molecule has 0 bridgehead atoms. The van der Waals surface area contributed by atoms with Crippen LogP contribution in [0.4, 0.5) is 0 Å². The van der Waals surface area contributed by atoms with Crippen LogP contribution < -0.4 is 9.47 Å². The van der Waals surface area contributed by atoms with E-state index in [0.717, 1.165) is 0 Å². The first-order valence-electron chi connectivity index (χ1n) is 8.34. The molecular weight excluding hydrogens is 356 g/mol. The summed E-state index contributed by atoms with van der Waals surface area (Å²) in [5.74, 6) is -4.59. The second-order valence-corrected chi connectivity index (χ2v) is 6.64. The average molecular weight is 380 g/mol. The molecule has 4 atom stereocenters. The van der Waals surface area contributed by atoms with Crippen molar-refractivity contribution in [3.63, 3.8) is 0 Å². The summed E-state index contributed by atoms with van der Waals surface area (Å²) in [5.41, 5.74) is -1.24. The van der Waals surface area contributed by atoms with Gasteiger partial charge in [0.25, 0.3) is 0 Å². The molecule has 8 heteroatoms. The molecule has 0 aliphatic heterocycles. The summed E-state index contributed by atoms with van der Waals surface area (Å²) in [6.45, 7) is 1.38.